The van der Waals surface area contributed by atoms with Crippen LogP contribution in [-0.2, 0) is 20.9 Å². The van der Waals surface area contributed by atoms with Crippen molar-refractivity contribution in [2.45, 2.75) is 38.6 Å². The van der Waals surface area contributed by atoms with Gasteiger partial charge in [-0.3, -0.25) is 4.79 Å². The Morgan fingerprint density at radius 2 is 1.88 bits per heavy atom. The van der Waals surface area contributed by atoms with E-state index in [1.807, 2.05) is 49.4 Å². The van der Waals surface area contributed by atoms with Gasteiger partial charge in [0.25, 0.3) is 5.91 Å². The van der Waals surface area contributed by atoms with Gasteiger partial charge in [-0.15, -0.1) is 0 Å². The minimum atomic E-state index is -1.04. The molecule has 3 rings (SSSR count). The number of amides is 1. The molecule has 26 heavy (non-hydrogen) atoms. The second-order valence-corrected chi connectivity index (χ2v) is 6.29. The number of hydrogen-bond acceptors (Lipinski definition) is 4. The van der Waals surface area contributed by atoms with Gasteiger partial charge in [-0.1, -0.05) is 36.4 Å². The first kappa shape index (κ1) is 17.9. The summed E-state index contributed by atoms with van der Waals surface area (Å²) in [6.45, 7) is 2.33. The fraction of sp³-hybridized carbons (Fsp3) is 0.300. The standard InChI is InChI=1S/C20H21NO5/c1-13-7-8-15(18(11-13)25-12-14-5-3-2-4-6-14)21-19(22)16-9-10-17(26-16)20(23)24/h2-8,11,16-17H,9-10,12H2,1H3,(H,21,22)(H,23,24)/t16-,17+/m0/s1. The normalized spacial score (nSPS) is 19.1. The van der Waals surface area contributed by atoms with Crippen LogP contribution in [0.2, 0.25) is 0 Å². The molecule has 0 saturated carbocycles. The van der Waals surface area contributed by atoms with Gasteiger partial charge in [-0.05, 0) is 43.0 Å². The molecule has 0 aliphatic carbocycles. The van der Waals surface area contributed by atoms with E-state index >= 15 is 0 Å². The lowest BCUT2D eigenvalue weighted by molar-refractivity contribution is -0.150. The molecule has 2 aromatic carbocycles. The second-order valence-electron chi connectivity index (χ2n) is 6.29. The highest BCUT2D eigenvalue weighted by molar-refractivity contribution is 5.96. The number of carboxylic acid groups (broad SMARTS) is 1. The molecule has 0 spiro atoms. The first-order valence-electron chi connectivity index (χ1n) is 8.49. The zero-order valence-corrected chi connectivity index (χ0v) is 14.5. The van der Waals surface area contributed by atoms with Crippen LogP contribution in [-0.4, -0.2) is 29.2 Å². The van der Waals surface area contributed by atoms with E-state index in [4.69, 9.17) is 14.6 Å². The predicted octanol–water partition coefficient (Wildman–Crippen LogP) is 3.14. The SMILES string of the molecule is Cc1ccc(NC(=O)[C@@H]2CC[C@H](C(=O)O)O2)c(OCc2ccccc2)c1. The van der Waals surface area contributed by atoms with Crippen LogP contribution in [0.5, 0.6) is 5.75 Å². The van der Waals surface area contributed by atoms with E-state index in [9.17, 15) is 9.59 Å². The molecule has 1 amide bonds. The van der Waals surface area contributed by atoms with Crippen molar-refractivity contribution in [2.24, 2.45) is 0 Å². The van der Waals surface area contributed by atoms with Gasteiger partial charge in [0.15, 0.2) is 6.10 Å². The molecular weight excluding hydrogens is 334 g/mol. The Labute approximate surface area is 151 Å². The maximum atomic E-state index is 12.4. The largest absolute Gasteiger partial charge is 0.487 e. The molecule has 6 heteroatoms. The lowest BCUT2D eigenvalue weighted by atomic mass is 10.1. The van der Waals surface area contributed by atoms with Crippen molar-refractivity contribution >= 4 is 17.6 Å². The topological polar surface area (TPSA) is 84.9 Å². The summed E-state index contributed by atoms with van der Waals surface area (Å²) >= 11 is 0. The minimum absolute atomic E-state index is 0.332. The van der Waals surface area contributed by atoms with E-state index in [2.05, 4.69) is 5.32 Å². The number of carboxylic acids is 1. The quantitative estimate of drug-likeness (QED) is 0.831. The van der Waals surface area contributed by atoms with Gasteiger partial charge in [0.05, 0.1) is 5.69 Å². The van der Waals surface area contributed by atoms with Crippen molar-refractivity contribution in [3.05, 3.63) is 59.7 Å². The van der Waals surface area contributed by atoms with E-state index in [0.29, 0.717) is 30.9 Å². The number of ether oxygens (including phenoxy) is 2. The number of nitrogens with one attached hydrogen (secondary N) is 1. The molecular formula is C20H21NO5. The summed E-state index contributed by atoms with van der Waals surface area (Å²) < 4.78 is 11.2. The van der Waals surface area contributed by atoms with Crippen molar-refractivity contribution in [1.29, 1.82) is 0 Å². The first-order valence-corrected chi connectivity index (χ1v) is 8.49. The first-order chi connectivity index (χ1) is 12.5. The number of aryl methyl sites for hydroxylation is 1. The molecule has 0 aromatic heterocycles. The fourth-order valence-electron chi connectivity index (χ4n) is 2.81. The molecule has 0 bridgehead atoms. The van der Waals surface area contributed by atoms with E-state index < -0.39 is 18.2 Å². The third-order valence-corrected chi connectivity index (χ3v) is 4.22. The average Bonchev–Trinajstić information content (AvgIpc) is 3.13. The van der Waals surface area contributed by atoms with E-state index in [0.717, 1.165) is 11.1 Å². The van der Waals surface area contributed by atoms with Crippen molar-refractivity contribution in [2.75, 3.05) is 5.32 Å². The van der Waals surface area contributed by atoms with Crippen molar-refractivity contribution in [1.82, 2.24) is 0 Å². The Morgan fingerprint density at radius 1 is 1.15 bits per heavy atom. The molecule has 2 aromatic rings. The van der Waals surface area contributed by atoms with Gasteiger partial charge in [-0.2, -0.15) is 0 Å². The molecule has 1 aliphatic heterocycles. The highest BCUT2D eigenvalue weighted by atomic mass is 16.5. The van der Waals surface area contributed by atoms with Crippen LogP contribution in [0.15, 0.2) is 48.5 Å². The number of benzene rings is 2. The molecule has 1 aliphatic rings. The Morgan fingerprint density at radius 3 is 2.58 bits per heavy atom. The van der Waals surface area contributed by atoms with Crippen LogP contribution in [0.3, 0.4) is 0 Å². The number of aliphatic carboxylic acids is 1. The molecule has 1 fully saturated rings. The number of rotatable bonds is 6. The molecule has 2 N–H and O–H groups in total. The van der Waals surface area contributed by atoms with Crippen LogP contribution in [0, 0.1) is 6.92 Å². The van der Waals surface area contributed by atoms with Gasteiger partial charge < -0.3 is 19.9 Å². The summed E-state index contributed by atoms with van der Waals surface area (Å²) in [7, 11) is 0. The summed E-state index contributed by atoms with van der Waals surface area (Å²) in [5, 5.41) is 11.8. The number of carbonyl (C=O) groups is 2. The molecule has 0 unspecified atom stereocenters. The van der Waals surface area contributed by atoms with Gasteiger partial charge in [0.1, 0.15) is 18.5 Å². The summed E-state index contributed by atoms with van der Waals surface area (Å²) in [4.78, 5) is 23.4. The van der Waals surface area contributed by atoms with Crippen LogP contribution in [0.4, 0.5) is 5.69 Å². The summed E-state index contributed by atoms with van der Waals surface area (Å²) in [5.41, 5.74) is 2.57. The van der Waals surface area contributed by atoms with Crippen LogP contribution in [0.25, 0.3) is 0 Å². The summed E-state index contributed by atoms with van der Waals surface area (Å²) in [5.74, 6) is -0.834. The predicted molar refractivity (Wildman–Crippen MR) is 96.1 cm³/mol. The Hall–Kier alpha value is -2.86. The van der Waals surface area contributed by atoms with Crippen molar-refractivity contribution in [3.8, 4) is 5.75 Å². The minimum Gasteiger partial charge on any atom is -0.487 e. The lowest BCUT2D eigenvalue weighted by Gasteiger charge is -2.16. The third kappa shape index (κ3) is 4.40. The van der Waals surface area contributed by atoms with Gasteiger partial charge in [0, 0.05) is 0 Å². The van der Waals surface area contributed by atoms with Crippen LogP contribution < -0.4 is 10.1 Å². The van der Waals surface area contributed by atoms with E-state index in [-0.39, 0.29) is 5.91 Å². The zero-order chi connectivity index (χ0) is 18.5. The van der Waals surface area contributed by atoms with E-state index in [1.165, 1.54) is 0 Å². The number of carbonyl (C=O) groups excluding carboxylic acids is 1. The van der Waals surface area contributed by atoms with Crippen LogP contribution in [0.1, 0.15) is 24.0 Å². The van der Waals surface area contributed by atoms with Gasteiger partial charge in [-0.25, -0.2) is 4.79 Å². The molecule has 2 atom stereocenters. The van der Waals surface area contributed by atoms with Crippen molar-refractivity contribution in [3.63, 3.8) is 0 Å². The van der Waals surface area contributed by atoms with Crippen LogP contribution >= 0.6 is 0 Å². The second kappa shape index (κ2) is 8.01. The van der Waals surface area contributed by atoms with E-state index in [1.54, 1.807) is 6.07 Å². The smallest absolute Gasteiger partial charge is 0.332 e. The highest BCUT2D eigenvalue weighted by Gasteiger charge is 2.34. The number of hydrogen-bond donors (Lipinski definition) is 2. The monoisotopic (exact) mass is 355 g/mol. The number of anilines is 1. The maximum Gasteiger partial charge on any atom is 0.332 e. The average molecular weight is 355 g/mol. The molecule has 136 valence electrons. The zero-order valence-electron chi connectivity index (χ0n) is 14.5. The molecule has 1 saturated heterocycles. The lowest BCUT2D eigenvalue weighted by Crippen LogP contribution is -2.30. The highest BCUT2D eigenvalue weighted by Crippen LogP contribution is 2.28. The fourth-order valence-corrected chi connectivity index (χ4v) is 2.81. The Bertz CT molecular complexity index is 790. The third-order valence-electron chi connectivity index (χ3n) is 4.22. The summed E-state index contributed by atoms with van der Waals surface area (Å²) in [6, 6.07) is 15.3. The molecule has 1 heterocycles. The van der Waals surface area contributed by atoms with Gasteiger partial charge in [0.2, 0.25) is 0 Å². The Kier molecular flexibility index (Phi) is 5.53. The molecule has 0 radical (unpaired) electrons. The Balaban J connectivity index is 1.67. The molecule has 6 nitrogen and oxygen atoms in total. The maximum absolute atomic E-state index is 12.4. The summed E-state index contributed by atoms with van der Waals surface area (Å²) in [6.07, 6.45) is -0.968. The van der Waals surface area contributed by atoms with Crippen molar-refractivity contribution < 1.29 is 24.2 Å². The van der Waals surface area contributed by atoms with Gasteiger partial charge >= 0.3 is 5.97 Å².